The SMILES string of the molecule is CCOC(=O)CCN(Cc1ccccc1)S(=O)(=O)c1cc(OCC(F)(F)F)ccc1OCC(F)(F)F. The number of sulfonamides is 1. The van der Waals surface area contributed by atoms with Gasteiger partial charge in [0.2, 0.25) is 10.0 Å². The summed E-state index contributed by atoms with van der Waals surface area (Å²) in [5.41, 5.74) is 0.479. The number of esters is 1. The highest BCUT2D eigenvalue weighted by molar-refractivity contribution is 7.89. The second kappa shape index (κ2) is 12.3. The van der Waals surface area contributed by atoms with E-state index in [2.05, 4.69) is 9.47 Å². The van der Waals surface area contributed by atoms with Crippen LogP contribution in [0.2, 0.25) is 0 Å². The summed E-state index contributed by atoms with van der Waals surface area (Å²) in [7, 11) is -4.71. The molecular weight excluding hydrogens is 520 g/mol. The highest BCUT2D eigenvalue weighted by atomic mass is 32.2. The summed E-state index contributed by atoms with van der Waals surface area (Å²) in [5, 5.41) is 0. The van der Waals surface area contributed by atoms with Crippen molar-refractivity contribution < 1.29 is 53.8 Å². The van der Waals surface area contributed by atoms with Crippen molar-refractivity contribution in [2.45, 2.75) is 37.1 Å². The molecule has 200 valence electrons. The van der Waals surface area contributed by atoms with E-state index >= 15 is 0 Å². The van der Waals surface area contributed by atoms with Gasteiger partial charge in [0.15, 0.2) is 13.2 Å². The van der Waals surface area contributed by atoms with Gasteiger partial charge in [0.1, 0.15) is 16.4 Å². The molecule has 14 heteroatoms. The highest BCUT2D eigenvalue weighted by Crippen LogP contribution is 2.33. The van der Waals surface area contributed by atoms with Crippen LogP contribution in [-0.2, 0) is 26.1 Å². The van der Waals surface area contributed by atoms with Crippen LogP contribution < -0.4 is 9.47 Å². The van der Waals surface area contributed by atoms with Crippen molar-refractivity contribution in [2.75, 3.05) is 26.4 Å². The molecule has 2 aromatic rings. The van der Waals surface area contributed by atoms with Crippen LogP contribution in [0.3, 0.4) is 0 Å². The van der Waals surface area contributed by atoms with E-state index in [4.69, 9.17) is 4.74 Å². The van der Waals surface area contributed by atoms with Gasteiger partial charge in [0.25, 0.3) is 0 Å². The van der Waals surface area contributed by atoms with Crippen molar-refractivity contribution in [3.8, 4) is 11.5 Å². The van der Waals surface area contributed by atoms with Crippen LogP contribution in [0.1, 0.15) is 18.9 Å². The zero-order valence-electron chi connectivity index (χ0n) is 18.9. The molecule has 36 heavy (non-hydrogen) atoms. The van der Waals surface area contributed by atoms with Gasteiger partial charge in [0, 0.05) is 19.2 Å². The maximum atomic E-state index is 13.5. The smallest absolute Gasteiger partial charge is 0.422 e. The molecule has 0 radical (unpaired) electrons. The molecule has 0 spiro atoms. The van der Waals surface area contributed by atoms with Crippen LogP contribution >= 0.6 is 0 Å². The first kappa shape index (κ1) is 29.2. The Labute approximate surface area is 203 Å². The van der Waals surface area contributed by atoms with Crippen molar-refractivity contribution >= 4 is 16.0 Å². The number of halogens is 6. The van der Waals surface area contributed by atoms with Crippen LogP contribution in [0.15, 0.2) is 53.4 Å². The summed E-state index contributed by atoms with van der Waals surface area (Å²) in [6.45, 7) is -2.74. The van der Waals surface area contributed by atoms with Crippen LogP contribution in [0.5, 0.6) is 11.5 Å². The zero-order valence-corrected chi connectivity index (χ0v) is 19.8. The number of alkyl halides is 6. The minimum absolute atomic E-state index is 0.0400. The summed E-state index contributed by atoms with van der Waals surface area (Å²) in [4.78, 5) is 11.0. The topological polar surface area (TPSA) is 82.1 Å². The van der Waals surface area contributed by atoms with E-state index in [1.807, 2.05) is 0 Å². The van der Waals surface area contributed by atoms with Crippen molar-refractivity contribution in [3.05, 3.63) is 54.1 Å². The largest absolute Gasteiger partial charge is 0.484 e. The van der Waals surface area contributed by atoms with E-state index < -0.39 is 64.5 Å². The average molecular weight is 543 g/mol. The Morgan fingerprint density at radius 3 is 2.11 bits per heavy atom. The lowest BCUT2D eigenvalue weighted by molar-refractivity contribution is -0.154. The Morgan fingerprint density at radius 1 is 0.917 bits per heavy atom. The molecule has 0 bridgehead atoms. The molecule has 0 aliphatic carbocycles. The third-order valence-corrected chi connectivity index (χ3v) is 6.27. The number of rotatable bonds is 12. The van der Waals surface area contributed by atoms with Gasteiger partial charge in [0.05, 0.1) is 13.0 Å². The molecule has 0 N–H and O–H groups in total. The quantitative estimate of drug-likeness (QED) is 0.285. The summed E-state index contributed by atoms with van der Waals surface area (Å²) >= 11 is 0. The minimum atomic E-state index is -4.82. The first-order valence-corrected chi connectivity index (χ1v) is 11.9. The molecular formula is C22H23F6NO6S. The molecule has 0 aliphatic rings. The average Bonchev–Trinajstić information content (AvgIpc) is 2.79. The Hall–Kier alpha value is -3.00. The standard InChI is InChI=1S/C22H23F6NO6S/c1-2-33-20(30)10-11-29(13-16-6-4-3-5-7-16)36(31,32)19-12-17(34-14-21(23,24)25)8-9-18(19)35-15-22(26,27)28/h3-9,12H,2,10-11,13-15H2,1H3. The number of nitrogens with zero attached hydrogens (tertiary/aromatic N) is 1. The van der Waals surface area contributed by atoms with Gasteiger partial charge < -0.3 is 14.2 Å². The van der Waals surface area contributed by atoms with Gasteiger partial charge >= 0.3 is 18.3 Å². The van der Waals surface area contributed by atoms with Crippen molar-refractivity contribution in [2.24, 2.45) is 0 Å². The number of ether oxygens (including phenoxy) is 3. The Bertz CT molecular complexity index is 1110. The van der Waals surface area contributed by atoms with Gasteiger partial charge in [-0.05, 0) is 24.6 Å². The fourth-order valence-corrected chi connectivity index (χ4v) is 4.46. The van der Waals surface area contributed by atoms with E-state index in [9.17, 15) is 39.6 Å². The summed E-state index contributed by atoms with van der Waals surface area (Å²) in [5.74, 6) is -2.03. The highest BCUT2D eigenvalue weighted by Gasteiger charge is 2.34. The van der Waals surface area contributed by atoms with Crippen LogP contribution in [0, 0.1) is 0 Å². The monoisotopic (exact) mass is 543 g/mol. The Morgan fingerprint density at radius 2 is 1.53 bits per heavy atom. The predicted octanol–water partition coefficient (Wildman–Crippen LogP) is 4.71. The van der Waals surface area contributed by atoms with Crippen LogP contribution in [-0.4, -0.2) is 57.4 Å². The van der Waals surface area contributed by atoms with Crippen LogP contribution in [0.25, 0.3) is 0 Å². The molecule has 0 heterocycles. The van der Waals surface area contributed by atoms with Crippen molar-refractivity contribution in [1.82, 2.24) is 4.31 Å². The van der Waals surface area contributed by atoms with Gasteiger partial charge in [-0.3, -0.25) is 4.79 Å². The predicted molar refractivity (Wildman–Crippen MR) is 115 cm³/mol. The molecule has 2 rings (SSSR count). The summed E-state index contributed by atoms with van der Waals surface area (Å²) in [6.07, 6.45) is -9.95. The number of carbonyl (C=O) groups is 1. The lowest BCUT2D eigenvalue weighted by Gasteiger charge is -2.24. The number of benzene rings is 2. The molecule has 2 aromatic carbocycles. The minimum Gasteiger partial charge on any atom is -0.484 e. The summed E-state index contributed by atoms with van der Waals surface area (Å²) in [6, 6.07) is 10.4. The van der Waals surface area contributed by atoms with Crippen molar-refractivity contribution in [3.63, 3.8) is 0 Å². The van der Waals surface area contributed by atoms with E-state index in [1.165, 1.54) is 0 Å². The molecule has 0 atom stereocenters. The second-order valence-corrected chi connectivity index (χ2v) is 9.20. The molecule has 0 aromatic heterocycles. The number of carbonyl (C=O) groups excluding carboxylic acids is 1. The van der Waals surface area contributed by atoms with Gasteiger partial charge in [-0.1, -0.05) is 30.3 Å². The first-order valence-electron chi connectivity index (χ1n) is 10.4. The molecule has 7 nitrogen and oxygen atoms in total. The van der Waals surface area contributed by atoms with E-state index in [1.54, 1.807) is 37.3 Å². The first-order chi connectivity index (χ1) is 16.7. The third kappa shape index (κ3) is 9.57. The van der Waals surface area contributed by atoms with Crippen molar-refractivity contribution in [1.29, 1.82) is 0 Å². The molecule has 0 saturated heterocycles. The number of hydrogen-bond donors (Lipinski definition) is 0. The van der Waals surface area contributed by atoms with Gasteiger partial charge in [-0.2, -0.15) is 30.6 Å². The van der Waals surface area contributed by atoms with E-state index in [0.717, 1.165) is 16.4 Å². The molecule has 0 fully saturated rings. The van der Waals surface area contributed by atoms with E-state index in [-0.39, 0.29) is 19.6 Å². The maximum absolute atomic E-state index is 13.5. The molecule has 0 amide bonds. The Kier molecular flexibility index (Phi) is 9.99. The van der Waals surface area contributed by atoms with Crippen LogP contribution in [0.4, 0.5) is 26.3 Å². The molecule has 0 saturated carbocycles. The third-order valence-electron chi connectivity index (χ3n) is 4.40. The van der Waals surface area contributed by atoms with Gasteiger partial charge in [-0.25, -0.2) is 8.42 Å². The lowest BCUT2D eigenvalue weighted by Crippen LogP contribution is -2.33. The summed E-state index contributed by atoms with van der Waals surface area (Å²) < 4.78 is 118. The second-order valence-electron chi connectivity index (χ2n) is 7.30. The number of hydrogen-bond acceptors (Lipinski definition) is 6. The normalized spacial score (nSPS) is 12.4. The fourth-order valence-electron chi connectivity index (χ4n) is 2.88. The maximum Gasteiger partial charge on any atom is 0.422 e. The molecule has 0 aliphatic heterocycles. The Balaban J connectivity index is 2.49. The lowest BCUT2D eigenvalue weighted by atomic mass is 10.2. The van der Waals surface area contributed by atoms with E-state index in [0.29, 0.717) is 11.6 Å². The molecule has 0 unspecified atom stereocenters. The van der Waals surface area contributed by atoms with Gasteiger partial charge in [-0.15, -0.1) is 0 Å². The fraction of sp³-hybridized carbons (Fsp3) is 0.409. The zero-order chi connectivity index (χ0) is 27.0.